The summed E-state index contributed by atoms with van der Waals surface area (Å²) in [6.45, 7) is 1.85. The Hall–Kier alpha value is -2.51. The number of anilines is 1. The molecule has 1 aromatic heterocycles. The van der Waals surface area contributed by atoms with Crippen LogP contribution in [0.25, 0.3) is 11.3 Å². The molecule has 7 heteroatoms. The maximum atomic E-state index is 12.1. The van der Waals surface area contributed by atoms with E-state index in [0.29, 0.717) is 10.7 Å². The standard InChI is InChI=1S/C19H16BrN3O2S/c1-12-17(13-7-9-15(20)10-8-13)23-19(26-12)22-16(24)11-21-18(25)14-5-3-2-4-6-14/h2-10H,11H2,1H3,(H,21,25)(H,22,23,24). The fourth-order valence-electron chi connectivity index (χ4n) is 2.34. The molecule has 0 saturated carbocycles. The number of nitrogens with zero attached hydrogens (tertiary/aromatic N) is 1. The summed E-state index contributed by atoms with van der Waals surface area (Å²) in [5, 5.41) is 5.85. The number of rotatable bonds is 5. The minimum absolute atomic E-state index is 0.111. The summed E-state index contributed by atoms with van der Waals surface area (Å²) < 4.78 is 0.997. The van der Waals surface area contributed by atoms with Crippen LogP contribution in [0, 0.1) is 6.92 Å². The molecule has 26 heavy (non-hydrogen) atoms. The van der Waals surface area contributed by atoms with Gasteiger partial charge < -0.3 is 10.6 Å². The molecule has 0 saturated heterocycles. The molecule has 0 aliphatic carbocycles. The first-order chi connectivity index (χ1) is 12.5. The highest BCUT2D eigenvalue weighted by atomic mass is 79.9. The lowest BCUT2D eigenvalue weighted by molar-refractivity contribution is -0.115. The molecule has 0 unspecified atom stereocenters. The lowest BCUT2D eigenvalue weighted by atomic mass is 10.1. The first-order valence-electron chi connectivity index (χ1n) is 7.89. The van der Waals surface area contributed by atoms with Gasteiger partial charge in [0, 0.05) is 20.5 Å². The third kappa shape index (κ3) is 4.56. The zero-order valence-electron chi connectivity index (χ0n) is 14.0. The van der Waals surface area contributed by atoms with Gasteiger partial charge >= 0.3 is 0 Å². The average molecular weight is 430 g/mol. The first kappa shape index (κ1) is 18.3. The summed E-state index contributed by atoms with van der Waals surface area (Å²) in [6.07, 6.45) is 0. The van der Waals surface area contributed by atoms with Crippen LogP contribution in [-0.2, 0) is 4.79 Å². The number of aryl methyl sites for hydroxylation is 1. The number of amides is 2. The number of nitrogens with one attached hydrogen (secondary N) is 2. The zero-order chi connectivity index (χ0) is 18.5. The van der Waals surface area contributed by atoms with E-state index in [1.165, 1.54) is 11.3 Å². The van der Waals surface area contributed by atoms with Crippen LogP contribution >= 0.6 is 27.3 Å². The molecule has 3 aromatic rings. The number of aromatic nitrogens is 1. The Labute approximate surface area is 163 Å². The normalized spacial score (nSPS) is 10.4. The van der Waals surface area contributed by atoms with Crippen LogP contribution in [0.2, 0.25) is 0 Å². The molecular formula is C19H16BrN3O2S. The van der Waals surface area contributed by atoms with Crippen molar-refractivity contribution in [2.24, 2.45) is 0 Å². The summed E-state index contributed by atoms with van der Waals surface area (Å²) in [6, 6.07) is 16.6. The van der Waals surface area contributed by atoms with Crippen molar-refractivity contribution in [3.8, 4) is 11.3 Å². The van der Waals surface area contributed by atoms with Crippen molar-refractivity contribution < 1.29 is 9.59 Å². The second kappa shape index (κ2) is 8.25. The van der Waals surface area contributed by atoms with E-state index in [1.807, 2.05) is 37.3 Å². The van der Waals surface area contributed by atoms with Crippen LogP contribution in [0.15, 0.2) is 59.1 Å². The number of benzene rings is 2. The monoisotopic (exact) mass is 429 g/mol. The molecule has 2 N–H and O–H groups in total. The summed E-state index contributed by atoms with van der Waals surface area (Å²) in [7, 11) is 0. The van der Waals surface area contributed by atoms with Crippen LogP contribution in [0.4, 0.5) is 5.13 Å². The third-order valence-electron chi connectivity index (χ3n) is 3.61. The Morgan fingerprint density at radius 1 is 1.08 bits per heavy atom. The zero-order valence-corrected chi connectivity index (χ0v) is 16.4. The van der Waals surface area contributed by atoms with E-state index >= 15 is 0 Å². The molecule has 0 aliphatic rings. The van der Waals surface area contributed by atoms with Gasteiger partial charge in [-0.1, -0.05) is 46.3 Å². The quantitative estimate of drug-likeness (QED) is 0.636. The molecule has 5 nitrogen and oxygen atoms in total. The second-order valence-corrected chi connectivity index (χ2v) is 7.65. The van der Waals surface area contributed by atoms with Crippen molar-refractivity contribution in [1.29, 1.82) is 0 Å². The minimum atomic E-state index is -0.314. The SMILES string of the molecule is Cc1sc(NC(=O)CNC(=O)c2ccccc2)nc1-c1ccc(Br)cc1. The van der Waals surface area contributed by atoms with E-state index in [1.54, 1.807) is 24.3 Å². The number of hydrogen-bond acceptors (Lipinski definition) is 4. The highest BCUT2D eigenvalue weighted by Crippen LogP contribution is 2.30. The fourth-order valence-corrected chi connectivity index (χ4v) is 3.46. The maximum absolute atomic E-state index is 12.1. The van der Waals surface area contributed by atoms with Crippen LogP contribution in [0.3, 0.4) is 0 Å². The van der Waals surface area contributed by atoms with E-state index < -0.39 is 0 Å². The Morgan fingerprint density at radius 3 is 2.46 bits per heavy atom. The van der Waals surface area contributed by atoms with Gasteiger partial charge in [0.2, 0.25) is 5.91 Å². The molecule has 0 aliphatic heterocycles. The molecule has 2 aromatic carbocycles. The molecule has 0 fully saturated rings. The van der Waals surface area contributed by atoms with E-state index in [0.717, 1.165) is 20.6 Å². The summed E-state index contributed by atoms with van der Waals surface area (Å²) >= 11 is 4.82. The maximum Gasteiger partial charge on any atom is 0.251 e. The van der Waals surface area contributed by atoms with Gasteiger partial charge in [-0.25, -0.2) is 4.98 Å². The largest absolute Gasteiger partial charge is 0.343 e. The third-order valence-corrected chi connectivity index (χ3v) is 5.02. The summed E-state index contributed by atoms with van der Waals surface area (Å²) in [5.74, 6) is -0.600. The summed E-state index contributed by atoms with van der Waals surface area (Å²) in [4.78, 5) is 29.6. The van der Waals surface area contributed by atoms with Crippen LogP contribution in [0.5, 0.6) is 0 Å². The summed E-state index contributed by atoms with van der Waals surface area (Å²) in [5.41, 5.74) is 2.34. The van der Waals surface area contributed by atoms with Crippen LogP contribution in [-0.4, -0.2) is 23.3 Å². The van der Waals surface area contributed by atoms with Gasteiger partial charge in [-0.2, -0.15) is 0 Å². The molecule has 2 amide bonds. The van der Waals surface area contributed by atoms with Crippen molar-refractivity contribution in [3.05, 3.63) is 69.5 Å². The van der Waals surface area contributed by atoms with Gasteiger partial charge in [-0.05, 0) is 31.2 Å². The van der Waals surface area contributed by atoms with Gasteiger partial charge in [0.25, 0.3) is 5.91 Å². The highest BCUT2D eigenvalue weighted by Gasteiger charge is 2.13. The molecule has 1 heterocycles. The van der Waals surface area contributed by atoms with Crippen LogP contribution < -0.4 is 10.6 Å². The van der Waals surface area contributed by atoms with Crippen molar-refractivity contribution in [2.45, 2.75) is 6.92 Å². The smallest absolute Gasteiger partial charge is 0.251 e. The molecule has 0 spiro atoms. The number of carbonyl (C=O) groups excluding carboxylic acids is 2. The predicted octanol–water partition coefficient (Wildman–Crippen LogP) is 4.25. The highest BCUT2D eigenvalue weighted by molar-refractivity contribution is 9.10. The molecular weight excluding hydrogens is 414 g/mol. The molecule has 132 valence electrons. The van der Waals surface area contributed by atoms with E-state index in [2.05, 4.69) is 31.5 Å². The number of thiazole rings is 1. The Kier molecular flexibility index (Phi) is 5.80. The van der Waals surface area contributed by atoms with Gasteiger partial charge in [-0.3, -0.25) is 9.59 Å². The Bertz CT molecular complexity index is 924. The van der Waals surface area contributed by atoms with E-state index in [-0.39, 0.29) is 18.4 Å². The van der Waals surface area contributed by atoms with Crippen molar-refractivity contribution in [2.75, 3.05) is 11.9 Å². The molecule has 3 rings (SSSR count). The van der Waals surface area contributed by atoms with Gasteiger partial charge in [0.05, 0.1) is 12.2 Å². The molecule has 0 atom stereocenters. The van der Waals surface area contributed by atoms with E-state index in [4.69, 9.17) is 0 Å². The van der Waals surface area contributed by atoms with Crippen molar-refractivity contribution in [3.63, 3.8) is 0 Å². The number of hydrogen-bond donors (Lipinski definition) is 2. The average Bonchev–Trinajstić information content (AvgIpc) is 3.01. The minimum Gasteiger partial charge on any atom is -0.343 e. The van der Waals surface area contributed by atoms with E-state index in [9.17, 15) is 9.59 Å². The number of carbonyl (C=O) groups is 2. The van der Waals surface area contributed by atoms with Crippen molar-refractivity contribution in [1.82, 2.24) is 10.3 Å². The molecule has 0 radical (unpaired) electrons. The van der Waals surface area contributed by atoms with Gasteiger partial charge in [0.1, 0.15) is 0 Å². The Balaban J connectivity index is 1.60. The predicted molar refractivity (Wildman–Crippen MR) is 107 cm³/mol. The molecule has 0 bridgehead atoms. The first-order valence-corrected chi connectivity index (χ1v) is 9.50. The Morgan fingerprint density at radius 2 is 1.77 bits per heavy atom. The van der Waals surface area contributed by atoms with Gasteiger partial charge in [-0.15, -0.1) is 11.3 Å². The second-order valence-electron chi connectivity index (χ2n) is 5.53. The lowest BCUT2D eigenvalue weighted by Crippen LogP contribution is -2.32. The fraction of sp³-hybridized carbons (Fsp3) is 0.105. The topological polar surface area (TPSA) is 71.1 Å². The van der Waals surface area contributed by atoms with Crippen LogP contribution in [0.1, 0.15) is 15.2 Å². The van der Waals surface area contributed by atoms with Crippen molar-refractivity contribution >= 4 is 44.2 Å². The van der Waals surface area contributed by atoms with Gasteiger partial charge in [0.15, 0.2) is 5.13 Å². The lowest BCUT2D eigenvalue weighted by Gasteiger charge is -2.05. The number of halogens is 1.